The number of hydrogen-bond donors (Lipinski definition) is 1. The Morgan fingerprint density at radius 1 is 1.62 bits per heavy atom. The Labute approximate surface area is 82.5 Å². The molecule has 1 heterocycles. The van der Waals surface area contributed by atoms with Crippen LogP contribution >= 0.6 is 12.6 Å². The Bertz CT molecular complexity index is 312. The summed E-state index contributed by atoms with van der Waals surface area (Å²) in [6.07, 6.45) is 1.40. The zero-order chi connectivity index (χ0) is 9.84. The number of carbonyl (C=O) groups excluding carboxylic acids is 1. The maximum atomic E-state index is 11.3. The summed E-state index contributed by atoms with van der Waals surface area (Å²) in [4.78, 5) is 15.8. The van der Waals surface area contributed by atoms with Crippen LogP contribution in [-0.4, -0.2) is 17.1 Å². The van der Waals surface area contributed by atoms with E-state index in [9.17, 15) is 4.79 Å². The van der Waals surface area contributed by atoms with Gasteiger partial charge in [0.15, 0.2) is 5.69 Å². The van der Waals surface area contributed by atoms with Gasteiger partial charge in [0.05, 0.1) is 6.10 Å². The molecule has 3 nitrogen and oxygen atoms in total. The number of carbonyl (C=O) groups is 1. The summed E-state index contributed by atoms with van der Waals surface area (Å²) < 4.78 is 4.97. The molecule has 13 heavy (non-hydrogen) atoms. The van der Waals surface area contributed by atoms with E-state index >= 15 is 0 Å². The van der Waals surface area contributed by atoms with Crippen molar-refractivity contribution in [2.75, 3.05) is 0 Å². The van der Waals surface area contributed by atoms with E-state index in [4.69, 9.17) is 4.74 Å². The molecule has 0 spiro atoms. The van der Waals surface area contributed by atoms with Crippen molar-refractivity contribution in [3.8, 4) is 0 Å². The average molecular weight is 197 g/mol. The lowest BCUT2D eigenvalue weighted by Gasteiger charge is -2.07. The molecule has 0 radical (unpaired) electrons. The third-order valence-electron chi connectivity index (χ3n) is 1.32. The first-order chi connectivity index (χ1) is 6.11. The van der Waals surface area contributed by atoms with Gasteiger partial charge in [-0.05, 0) is 26.0 Å². The molecule has 0 N–H and O–H groups in total. The molecule has 4 heteroatoms. The summed E-state index contributed by atoms with van der Waals surface area (Å²) in [7, 11) is 0. The Morgan fingerprint density at radius 3 is 2.85 bits per heavy atom. The number of thiol groups is 1. The van der Waals surface area contributed by atoms with Gasteiger partial charge in [-0.25, -0.2) is 9.78 Å². The summed E-state index contributed by atoms with van der Waals surface area (Å²) >= 11 is 4.10. The van der Waals surface area contributed by atoms with Gasteiger partial charge in [0.2, 0.25) is 0 Å². The number of hydrogen-bond acceptors (Lipinski definition) is 4. The quantitative estimate of drug-likeness (QED) is 0.581. The number of aromatic nitrogens is 1. The predicted octanol–water partition coefficient (Wildman–Crippen LogP) is 1.94. The number of esters is 1. The van der Waals surface area contributed by atoms with E-state index in [1.807, 2.05) is 0 Å². The smallest absolute Gasteiger partial charge is 0.358 e. The maximum Gasteiger partial charge on any atom is 0.358 e. The Kier molecular flexibility index (Phi) is 3.31. The normalized spacial score (nSPS) is 10.2. The number of ether oxygens (including phenoxy) is 1. The average Bonchev–Trinajstić information content (AvgIpc) is 2.03. The molecule has 0 aliphatic rings. The molecule has 0 aromatic carbocycles. The summed E-state index contributed by atoms with van der Waals surface area (Å²) in [6.45, 7) is 3.58. The highest BCUT2D eigenvalue weighted by Gasteiger charge is 2.12. The third-order valence-corrected chi connectivity index (χ3v) is 1.68. The molecule has 70 valence electrons. The molecule has 0 bridgehead atoms. The van der Waals surface area contributed by atoms with Crippen LogP contribution < -0.4 is 0 Å². The standard InChI is InChI=1S/C9H11NO2S/c1-6(2)12-9(11)8-7(13)4-3-5-10-8/h3-6,13H,1-2H3. The van der Waals surface area contributed by atoms with Crippen LogP contribution in [0.5, 0.6) is 0 Å². The van der Waals surface area contributed by atoms with Gasteiger partial charge >= 0.3 is 5.97 Å². The van der Waals surface area contributed by atoms with E-state index in [0.717, 1.165) is 0 Å². The fourth-order valence-electron chi connectivity index (χ4n) is 0.824. The number of nitrogens with zero attached hydrogens (tertiary/aromatic N) is 1. The zero-order valence-electron chi connectivity index (χ0n) is 7.52. The van der Waals surface area contributed by atoms with Gasteiger partial charge in [-0.3, -0.25) is 0 Å². The molecule has 1 rings (SSSR count). The van der Waals surface area contributed by atoms with Crippen molar-refractivity contribution < 1.29 is 9.53 Å². The van der Waals surface area contributed by atoms with Crippen LogP contribution in [0, 0.1) is 0 Å². The Balaban J connectivity index is 2.83. The maximum absolute atomic E-state index is 11.3. The van der Waals surface area contributed by atoms with Gasteiger partial charge in [0, 0.05) is 11.1 Å². The van der Waals surface area contributed by atoms with Crippen molar-refractivity contribution >= 4 is 18.6 Å². The molecule has 0 saturated carbocycles. The molecule has 0 fully saturated rings. The topological polar surface area (TPSA) is 39.2 Å². The molecule has 0 unspecified atom stereocenters. The van der Waals surface area contributed by atoms with E-state index in [1.165, 1.54) is 6.20 Å². The first-order valence-corrected chi connectivity index (χ1v) is 4.41. The molecule has 1 aromatic heterocycles. The third kappa shape index (κ3) is 2.73. The summed E-state index contributed by atoms with van der Waals surface area (Å²) in [5, 5.41) is 0. The first kappa shape index (κ1) is 10.1. The molecule has 0 amide bonds. The summed E-state index contributed by atoms with van der Waals surface area (Å²) in [5.41, 5.74) is 0.263. The number of rotatable bonds is 2. The van der Waals surface area contributed by atoms with Crippen molar-refractivity contribution in [3.63, 3.8) is 0 Å². The second kappa shape index (κ2) is 4.28. The van der Waals surface area contributed by atoms with Crippen molar-refractivity contribution in [1.29, 1.82) is 0 Å². The molecule has 0 aliphatic carbocycles. The highest BCUT2D eigenvalue weighted by atomic mass is 32.1. The summed E-state index contributed by atoms with van der Waals surface area (Å²) in [6, 6.07) is 3.42. The van der Waals surface area contributed by atoms with Crippen LogP contribution in [-0.2, 0) is 4.74 Å². The van der Waals surface area contributed by atoms with E-state index in [1.54, 1.807) is 26.0 Å². The van der Waals surface area contributed by atoms with E-state index < -0.39 is 5.97 Å². The first-order valence-electron chi connectivity index (χ1n) is 3.96. The fraction of sp³-hybridized carbons (Fsp3) is 0.333. The zero-order valence-corrected chi connectivity index (χ0v) is 8.41. The van der Waals surface area contributed by atoms with Crippen molar-refractivity contribution in [2.24, 2.45) is 0 Å². The molecular weight excluding hydrogens is 186 g/mol. The lowest BCUT2D eigenvalue weighted by Crippen LogP contribution is -2.13. The van der Waals surface area contributed by atoms with E-state index in [0.29, 0.717) is 4.90 Å². The minimum absolute atomic E-state index is 0.137. The van der Waals surface area contributed by atoms with Gasteiger partial charge in [-0.2, -0.15) is 0 Å². The second-order valence-electron chi connectivity index (χ2n) is 2.83. The van der Waals surface area contributed by atoms with Gasteiger partial charge in [0.1, 0.15) is 0 Å². The summed E-state index contributed by atoms with van der Waals surface area (Å²) in [5.74, 6) is -0.430. The van der Waals surface area contributed by atoms with Gasteiger partial charge in [0.25, 0.3) is 0 Å². The van der Waals surface area contributed by atoms with Gasteiger partial charge in [-0.1, -0.05) is 0 Å². The largest absolute Gasteiger partial charge is 0.458 e. The van der Waals surface area contributed by atoms with Crippen LogP contribution in [0.1, 0.15) is 24.3 Å². The van der Waals surface area contributed by atoms with Crippen LogP contribution in [0.3, 0.4) is 0 Å². The molecule has 0 aliphatic heterocycles. The van der Waals surface area contributed by atoms with Gasteiger partial charge in [-0.15, -0.1) is 12.6 Å². The number of pyridine rings is 1. The van der Waals surface area contributed by atoms with Gasteiger partial charge < -0.3 is 4.74 Å². The van der Waals surface area contributed by atoms with E-state index in [-0.39, 0.29) is 11.8 Å². The van der Waals surface area contributed by atoms with Crippen LogP contribution in [0.15, 0.2) is 23.2 Å². The minimum Gasteiger partial charge on any atom is -0.458 e. The van der Waals surface area contributed by atoms with E-state index in [2.05, 4.69) is 17.6 Å². The van der Waals surface area contributed by atoms with Crippen molar-refractivity contribution in [3.05, 3.63) is 24.0 Å². The van der Waals surface area contributed by atoms with Crippen LogP contribution in [0.25, 0.3) is 0 Å². The highest BCUT2D eigenvalue weighted by molar-refractivity contribution is 7.80. The fourth-order valence-corrected chi connectivity index (χ4v) is 1.06. The highest BCUT2D eigenvalue weighted by Crippen LogP contribution is 2.11. The Morgan fingerprint density at radius 2 is 2.31 bits per heavy atom. The monoisotopic (exact) mass is 197 g/mol. The minimum atomic E-state index is -0.430. The lowest BCUT2D eigenvalue weighted by molar-refractivity contribution is 0.0366. The molecule has 0 saturated heterocycles. The van der Waals surface area contributed by atoms with Crippen molar-refractivity contribution in [1.82, 2.24) is 4.98 Å². The van der Waals surface area contributed by atoms with Crippen molar-refractivity contribution in [2.45, 2.75) is 24.8 Å². The lowest BCUT2D eigenvalue weighted by atomic mass is 10.3. The molecule has 1 aromatic rings. The van der Waals surface area contributed by atoms with Crippen LogP contribution in [0.2, 0.25) is 0 Å². The Hall–Kier alpha value is -1.03. The molecule has 0 atom stereocenters. The predicted molar refractivity (Wildman–Crippen MR) is 52.0 cm³/mol. The second-order valence-corrected chi connectivity index (χ2v) is 3.31. The SMILES string of the molecule is CC(C)OC(=O)c1ncccc1S. The van der Waals surface area contributed by atoms with Crippen LogP contribution in [0.4, 0.5) is 0 Å². The molecular formula is C9H11NO2S.